The fraction of sp³-hybridized carbons (Fsp3) is 0.350. The summed E-state index contributed by atoms with van der Waals surface area (Å²) < 4.78 is 14.3. The van der Waals surface area contributed by atoms with Gasteiger partial charge in [-0.2, -0.15) is 0 Å². The molecule has 0 spiro atoms. The maximum absolute atomic E-state index is 14.3. The molecule has 4 rings (SSSR count). The molecule has 2 atom stereocenters. The molecule has 1 N–H and O–H groups in total. The molecular formula is C20H19FN2O4. The number of carboxylic acids is 1. The number of rotatable bonds is 3. The first-order chi connectivity index (χ1) is 12.9. The summed E-state index contributed by atoms with van der Waals surface area (Å²) in [7, 11) is 0. The van der Waals surface area contributed by atoms with Gasteiger partial charge in [0.25, 0.3) is 0 Å². The number of likely N-dealkylation sites (tertiary alicyclic amines) is 1. The van der Waals surface area contributed by atoms with Crippen molar-refractivity contribution in [2.45, 2.75) is 18.5 Å². The van der Waals surface area contributed by atoms with Crippen LogP contribution in [0.15, 0.2) is 42.5 Å². The minimum Gasteiger partial charge on any atom is -0.479 e. The van der Waals surface area contributed by atoms with Crippen LogP contribution in [0, 0.1) is 5.92 Å². The van der Waals surface area contributed by atoms with Crippen LogP contribution in [0.3, 0.4) is 0 Å². The average molecular weight is 370 g/mol. The standard InChI is InChI=1S/C20H19FN2O4/c21-20(19(26)27)8-9-22(12-20)18(25)14-10-17(24)23(11-14)16-7-3-5-13-4-1-2-6-15(13)16/h1-7,14H,8-12H2,(H,26,27). The Labute approximate surface area is 155 Å². The Morgan fingerprint density at radius 2 is 1.89 bits per heavy atom. The Bertz CT molecular complexity index is 941. The van der Waals surface area contributed by atoms with Gasteiger partial charge in [0.15, 0.2) is 0 Å². The monoisotopic (exact) mass is 370 g/mol. The second kappa shape index (κ2) is 6.33. The van der Waals surface area contributed by atoms with E-state index in [-0.39, 0.29) is 37.7 Å². The van der Waals surface area contributed by atoms with Crippen LogP contribution in [0.5, 0.6) is 0 Å². The summed E-state index contributed by atoms with van der Waals surface area (Å²) in [6.45, 7) is -0.185. The Morgan fingerprint density at radius 1 is 1.15 bits per heavy atom. The minimum atomic E-state index is -2.40. The zero-order valence-electron chi connectivity index (χ0n) is 14.6. The van der Waals surface area contributed by atoms with Crippen molar-refractivity contribution in [3.05, 3.63) is 42.5 Å². The number of nitrogens with zero attached hydrogens (tertiary/aromatic N) is 2. The van der Waals surface area contributed by atoms with Crippen molar-refractivity contribution in [2.24, 2.45) is 5.92 Å². The molecule has 2 aromatic carbocycles. The van der Waals surface area contributed by atoms with E-state index in [0.717, 1.165) is 16.5 Å². The van der Waals surface area contributed by atoms with E-state index in [9.17, 15) is 18.8 Å². The highest BCUT2D eigenvalue weighted by Crippen LogP contribution is 2.34. The van der Waals surface area contributed by atoms with Crippen LogP contribution in [0.2, 0.25) is 0 Å². The first kappa shape index (κ1) is 17.5. The molecule has 2 unspecified atom stereocenters. The highest BCUT2D eigenvalue weighted by atomic mass is 19.1. The van der Waals surface area contributed by atoms with Crippen molar-refractivity contribution in [3.8, 4) is 0 Å². The molecule has 2 aliphatic rings. The fourth-order valence-corrected chi connectivity index (χ4v) is 3.94. The predicted molar refractivity (Wildman–Crippen MR) is 97.1 cm³/mol. The number of fused-ring (bicyclic) bond motifs is 1. The molecule has 7 heteroatoms. The number of hydrogen-bond acceptors (Lipinski definition) is 3. The fourth-order valence-electron chi connectivity index (χ4n) is 3.94. The van der Waals surface area contributed by atoms with Crippen LogP contribution in [-0.2, 0) is 14.4 Å². The lowest BCUT2D eigenvalue weighted by atomic mass is 10.1. The van der Waals surface area contributed by atoms with E-state index in [0.29, 0.717) is 0 Å². The summed E-state index contributed by atoms with van der Waals surface area (Å²) in [6, 6.07) is 13.4. The molecule has 2 saturated heterocycles. The molecule has 6 nitrogen and oxygen atoms in total. The third-order valence-corrected chi connectivity index (χ3v) is 5.45. The van der Waals surface area contributed by atoms with Gasteiger partial charge in [-0.3, -0.25) is 9.59 Å². The summed E-state index contributed by atoms with van der Waals surface area (Å²) in [5, 5.41) is 10.9. The number of aliphatic carboxylic acids is 1. The third-order valence-electron chi connectivity index (χ3n) is 5.45. The zero-order chi connectivity index (χ0) is 19.2. The number of alkyl halides is 1. The van der Waals surface area contributed by atoms with Crippen molar-refractivity contribution in [3.63, 3.8) is 0 Å². The normalized spacial score (nSPS) is 25.4. The maximum Gasteiger partial charge on any atom is 0.343 e. The van der Waals surface area contributed by atoms with E-state index in [1.54, 1.807) is 4.90 Å². The quantitative estimate of drug-likeness (QED) is 0.899. The molecule has 2 aromatic rings. The van der Waals surface area contributed by atoms with Gasteiger partial charge in [0.2, 0.25) is 17.5 Å². The van der Waals surface area contributed by atoms with E-state index in [4.69, 9.17) is 5.11 Å². The van der Waals surface area contributed by atoms with Gasteiger partial charge in [-0.1, -0.05) is 36.4 Å². The number of anilines is 1. The van der Waals surface area contributed by atoms with Gasteiger partial charge in [-0.15, -0.1) is 0 Å². The predicted octanol–water partition coefficient (Wildman–Crippen LogP) is 2.22. The Balaban J connectivity index is 1.54. The Kier molecular flexibility index (Phi) is 4.09. The lowest BCUT2D eigenvalue weighted by Gasteiger charge is -2.22. The van der Waals surface area contributed by atoms with Gasteiger partial charge in [0.05, 0.1) is 18.2 Å². The molecule has 2 heterocycles. The molecule has 0 saturated carbocycles. The molecule has 27 heavy (non-hydrogen) atoms. The number of carbonyl (C=O) groups is 3. The summed E-state index contributed by atoms with van der Waals surface area (Å²) in [6.07, 6.45) is -0.174. The summed E-state index contributed by atoms with van der Waals surface area (Å²) >= 11 is 0. The molecule has 0 bridgehead atoms. The van der Waals surface area contributed by atoms with Crippen molar-refractivity contribution < 1.29 is 23.9 Å². The average Bonchev–Trinajstić information content (AvgIpc) is 3.25. The van der Waals surface area contributed by atoms with Crippen LogP contribution >= 0.6 is 0 Å². The second-order valence-electron chi connectivity index (χ2n) is 7.18. The van der Waals surface area contributed by atoms with E-state index in [1.165, 1.54) is 4.90 Å². The molecular weight excluding hydrogens is 351 g/mol. The molecule has 0 radical (unpaired) electrons. The number of amides is 2. The topological polar surface area (TPSA) is 77.9 Å². The first-order valence-corrected chi connectivity index (χ1v) is 8.88. The summed E-state index contributed by atoms with van der Waals surface area (Å²) in [5.74, 6) is -2.65. The van der Waals surface area contributed by atoms with Crippen LogP contribution in [0.1, 0.15) is 12.8 Å². The van der Waals surface area contributed by atoms with E-state index in [1.807, 2.05) is 42.5 Å². The zero-order valence-corrected chi connectivity index (χ0v) is 14.6. The van der Waals surface area contributed by atoms with E-state index >= 15 is 0 Å². The van der Waals surface area contributed by atoms with Gasteiger partial charge in [0.1, 0.15) is 0 Å². The molecule has 2 aliphatic heterocycles. The van der Waals surface area contributed by atoms with Crippen LogP contribution in [0.25, 0.3) is 10.8 Å². The highest BCUT2D eigenvalue weighted by molar-refractivity contribution is 6.07. The van der Waals surface area contributed by atoms with Gasteiger partial charge in [0, 0.05) is 31.3 Å². The van der Waals surface area contributed by atoms with Crippen molar-refractivity contribution in [1.82, 2.24) is 4.90 Å². The summed E-state index contributed by atoms with van der Waals surface area (Å²) in [5.41, 5.74) is -1.65. The van der Waals surface area contributed by atoms with E-state index < -0.39 is 24.1 Å². The SMILES string of the molecule is O=C(C1CC(=O)N(c2cccc3ccccc23)C1)N1CCC(F)(C(=O)O)C1. The second-order valence-corrected chi connectivity index (χ2v) is 7.18. The third kappa shape index (κ3) is 2.93. The molecule has 0 aromatic heterocycles. The molecule has 140 valence electrons. The number of halogens is 1. The smallest absolute Gasteiger partial charge is 0.343 e. The molecule has 0 aliphatic carbocycles. The number of carboxylic acid groups (broad SMARTS) is 1. The lowest BCUT2D eigenvalue weighted by Crippen LogP contribution is -2.41. The Morgan fingerprint density at radius 3 is 2.63 bits per heavy atom. The lowest BCUT2D eigenvalue weighted by molar-refractivity contribution is -0.150. The van der Waals surface area contributed by atoms with Crippen molar-refractivity contribution in [1.29, 1.82) is 0 Å². The van der Waals surface area contributed by atoms with Crippen molar-refractivity contribution in [2.75, 3.05) is 24.5 Å². The van der Waals surface area contributed by atoms with Crippen LogP contribution in [-0.4, -0.2) is 53.1 Å². The highest BCUT2D eigenvalue weighted by Gasteiger charge is 2.49. The molecule has 2 amide bonds. The summed E-state index contributed by atoms with van der Waals surface area (Å²) in [4.78, 5) is 39.2. The number of benzene rings is 2. The van der Waals surface area contributed by atoms with Gasteiger partial charge >= 0.3 is 5.97 Å². The van der Waals surface area contributed by atoms with Gasteiger partial charge in [-0.25, -0.2) is 9.18 Å². The van der Waals surface area contributed by atoms with Gasteiger partial charge in [-0.05, 0) is 11.5 Å². The van der Waals surface area contributed by atoms with Crippen LogP contribution in [0.4, 0.5) is 10.1 Å². The largest absolute Gasteiger partial charge is 0.479 e. The van der Waals surface area contributed by atoms with E-state index in [2.05, 4.69) is 0 Å². The molecule has 2 fully saturated rings. The van der Waals surface area contributed by atoms with Gasteiger partial charge < -0.3 is 14.9 Å². The minimum absolute atomic E-state index is 0.0465. The number of hydrogen-bond donors (Lipinski definition) is 1. The van der Waals surface area contributed by atoms with Crippen LogP contribution < -0.4 is 4.90 Å². The van der Waals surface area contributed by atoms with Crippen molar-refractivity contribution >= 4 is 34.2 Å². The number of carbonyl (C=O) groups excluding carboxylic acids is 2. The first-order valence-electron chi connectivity index (χ1n) is 8.88. The maximum atomic E-state index is 14.3. The Hall–Kier alpha value is -2.96.